The van der Waals surface area contributed by atoms with Gasteiger partial charge in [0.15, 0.2) is 34.8 Å². The average Bonchev–Trinajstić information content (AvgIpc) is 0.784. The summed E-state index contributed by atoms with van der Waals surface area (Å²) in [7, 11) is 3.66. The lowest BCUT2D eigenvalue weighted by Gasteiger charge is -2.42. The molecular formula is C61H68N8O17S2. The molecule has 1 fully saturated rings. The van der Waals surface area contributed by atoms with E-state index in [0.29, 0.717) is 34.8 Å². The van der Waals surface area contributed by atoms with Crippen molar-refractivity contribution in [1.29, 1.82) is 0 Å². The van der Waals surface area contributed by atoms with Crippen LogP contribution in [0.3, 0.4) is 0 Å². The van der Waals surface area contributed by atoms with E-state index in [1.54, 1.807) is 38.1 Å². The number of aliphatic hydroxyl groups excluding tert-OH is 1. The van der Waals surface area contributed by atoms with Gasteiger partial charge in [0.25, 0.3) is 11.5 Å². The van der Waals surface area contributed by atoms with Crippen LogP contribution >= 0.6 is 21.6 Å². The predicted molar refractivity (Wildman–Crippen MR) is 321 cm³/mol. The van der Waals surface area contributed by atoms with Crippen molar-refractivity contribution >= 4 is 85.6 Å². The number of nitrogens with zero attached hydrogens (tertiary/aromatic N) is 3. The Hall–Kier alpha value is -8.08. The normalized spacial score (nSPS) is 22.4. The van der Waals surface area contributed by atoms with Crippen LogP contribution in [0.2, 0.25) is 0 Å². The van der Waals surface area contributed by atoms with Crippen molar-refractivity contribution in [2.75, 3.05) is 30.5 Å². The number of nitrogens with one attached hydrogen (secondary N) is 5. The molecule has 3 heterocycles. The molecule has 27 heteroatoms. The number of ketones is 3. The lowest BCUT2D eigenvalue weighted by atomic mass is 9.73. The van der Waals surface area contributed by atoms with Gasteiger partial charge in [-0.25, -0.2) is 29.3 Å². The van der Waals surface area contributed by atoms with E-state index in [1.165, 1.54) is 61.4 Å². The molecule has 1 unspecified atom stereocenters. The van der Waals surface area contributed by atoms with Crippen molar-refractivity contribution in [3.8, 4) is 5.75 Å². The highest BCUT2D eigenvalue weighted by Gasteiger charge is 2.46. The van der Waals surface area contributed by atoms with Crippen LogP contribution in [-0.4, -0.2) is 156 Å². The highest BCUT2D eigenvalue weighted by Crippen LogP contribution is 2.44. The van der Waals surface area contributed by atoms with Crippen LogP contribution in [-0.2, 0) is 51.1 Å². The topological polar surface area (TPSA) is 363 Å². The molecular weight excluding hydrogens is 1180 g/mol. The number of rotatable bonds is 23. The Labute approximate surface area is 512 Å². The first-order valence-corrected chi connectivity index (χ1v) is 31.3. The summed E-state index contributed by atoms with van der Waals surface area (Å²) >= 11 is 0. The zero-order valence-electron chi connectivity index (χ0n) is 48.7. The number of fused-ring (bicyclic) bond motifs is 4. The van der Waals surface area contributed by atoms with Crippen molar-refractivity contribution in [2.24, 2.45) is 0 Å². The Bertz CT molecular complexity index is 3590. The number of carboxylic acid groups (broad SMARTS) is 1. The molecule has 8 N–H and O–H groups in total. The molecule has 0 radical (unpaired) electrons. The second-order valence-electron chi connectivity index (χ2n) is 21.9. The van der Waals surface area contributed by atoms with E-state index in [-0.39, 0.29) is 101 Å². The first-order valence-electron chi connectivity index (χ1n) is 28.8. The number of methoxy groups -OCH3 is 1. The number of aliphatic hydroxyl groups is 2. The summed E-state index contributed by atoms with van der Waals surface area (Å²) in [4.78, 5) is 135. The fourth-order valence-electron chi connectivity index (χ4n) is 10.8. The fourth-order valence-corrected chi connectivity index (χ4v) is 12.8. The van der Waals surface area contributed by atoms with Gasteiger partial charge in [0.1, 0.15) is 48.1 Å². The van der Waals surface area contributed by atoms with Gasteiger partial charge in [0.05, 0.1) is 49.4 Å². The van der Waals surface area contributed by atoms with Crippen LogP contribution in [0.4, 0.5) is 10.5 Å². The summed E-state index contributed by atoms with van der Waals surface area (Å²) in [6.45, 7) is 4.51. The molecule has 0 bridgehead atoms. The van der Waals surface area contributed by atoms with E-state index in [0.717, 1.165) is 36.5 Å². The highest BCUT2D eigenvalue weighted by molar-refractivity contribution is 8.76. The molecule has 3 aliphatic carbocycles. The summed E-state index contributed by atoms with van der Waals surface area (Å²) < 4.78 is 29.1. The Morgan fingerprint density at radius 3 is 2.49 bits per heavy atom. The number of aromatic amines is 1. The minimum absolute atomic E-state index is 0.0975. The largest absolute Gasteiger partial charge is 0.496 e. The van der Waals surface area contributed by atoms with Gasteiger partial charge in [-0.15, -0.1) is 0 Å². The van der Waals surface area contributed by atoms with Crippen LogP contribution in [0.5, 0.6) is 5.75 Å². The minimum Gasteiger partial charge on any atom is -0.496 e. The quantitative estimate of drug-likeness (QED) is 0.0175. The van der Waals surface area contributed by atoms with Gasteiger partial charge in [-0.2, -0.15) is 0 Å². The number of alkyl carbamates (subject to hydrolysis) is 1. The van der Waals surface area contributed by atoms with E-state index in [2.05, 4.69) is 41.2 Å². The van der Waals surface area contributed by atoms with Crippen molar-refractivity contribution in [1.82, 2.24) is 35.9 Å². The molecule has 466 valence electrons. The first kappa shape index (κ1) is 64.4. The SMILES string of the molecule is COc1cccc2c1C(=O)c1cc3c(cc1C2=O)C[C@@](O)(C(C)=O)C[C@@H]3O[C@H]1C[C@@H](NC(=O)OCCSSC[C@@H](NC(=O)CC[C@@H](NC(=O)c2ccc(NCc3cnc4nc(C)[nH]c(=O)c4n3)cc2)C(=O)OC2/C=C/CCCCC2)C(=O)O)[C@H](O)[C@H](C)O1. The lowest BCUT2D eigenvalue weighted by molar-refractivity contribution is -0.248. The van der Waals surface area contributed by atoms with Gasteiger partial charge in [0.2, 0.25) is 5.91 Å². The van der Waals surface area contributed by atoms with Gasteiger partial charge >= 0.3 is 18.0 Å². The van der Waals surface area contributed by atoms with Crippen molar-refractivity contribution in [3.63, 3.8) is 0 Å². The lowest BCUT2D eigenvalue weighted by Crippen LogP contribution is -2.55. The molecule has 3 aromatic carbocycles. The molecule has 88 heavy (non-hydrogen) atoms. The number of hydrogen-bond acceptors (Lipinski definition) is 22. The number of esters is 1. The number of aliphatic carboxylic acids is 1. The zero-order chi connectivity index (χ0) is 62.8. The molecule has 2 aromatic heterocycles. The number of ether oxygens (including phenoxy) is 5. The Kier molecular flexibility index (Phi) is 21.1. The Balaban J connectivity index is 0.741. The summed E-state index contributed by atoms with van der Waals surface area (Å²) in [5, 5.41) is 43.7. The average molecular weight is 1250 g/mol. The number of hydrogen-bond donors (Lipinski definition) is 8. The number of carboxylic acids is 1. The van der Waals surface area contributed by atoms with Gasteiger partial charge in [-0.3, -0.25) is 28.8 Å². The molecule has 1 saturated heterocycles. The maximum atomic E-state index is 14.0. The molecule has 9 rings (SSSR count). The third-order valence-corrected chi connectivity index (χ3v) is 18.0. The summed E-state index contributed by atoms with van der Waals surface area (Å²) in [5.74, 6) is -4.09. The molecule has 0 spiro atoms. The van der Waals surface area contributed by atoms with E-state index in [9.17, 15) is 58.5 Å². The smallest absolute Gasteiger partial charge is 0.407 e. The number of carbonyl (C=O) groups excluding carboxylic acids is 7. The van der Waals surface area contributed by atoms with Crippen molar-refractivity contribution in [3.05, 3.63) is 134 Å². The molecule has 5 aromatic rings. The maximum absolute atomic E-state index is 14.0. The van der Waals surface area contributed by atoms with Crippen LogP contribution in [0.25, 0.3) is 11.2 Å². The Morgan fingerprint density at radius 2 is 1.73 bits per heavy atom. The zero-order valence-corrected chi connectivity index (χ0v) is 50.3. The number of Topliss-reactive ketones (excluding diaryl/α,β-unsaturated/α-hetero) is 1. The summed E-state index contributed by atoms with van der Waals surface area (Å²) in [5.41, 5.74) is 0.633. The fraction of sp³-hybridized carbons (Fsp3) is 0.443. The van der Waals surface area contributed by atoms with Crippen LogP contribution < -0.4 is 31.6 Å². The summed E-state index contributed by atoms with van der Waals surface area (Å²) in [6.07, 6.45) is 2.72. The molecule has 4 aliphatic rings. The van der Waals surface area contributed by atoms with Crippen LogP contribution in [0.1, 0.15) is 143 Å². The maximum Gasteiger partial charge on any atom is 0.407 e. The van der Waals surface area contributed by atoms with Crippen LogP contribution in [0, 0.1) is 6.92 Å². The molecule has 25 nitrogen and oxygen atoms in total. The van der Waals surface area contributed by atoms with Gasteiger partial charge in [-0.05, 0) is 113 Å². The number of amides is 3. The second-order valence-corrected chi connectivity index (χ2v) is 24.5. The number of carbonyl (C=O) groups is 8. The third-order valence-electron chi connectivity index (χ3n) is 15.6. The third kappa shape index (κ3) is 15.6. The predicted octanol–water partition coefficient (Wildman–Crippen LogP) is 5.29. The number of aryl methyl sites for hydroxylation is 1. The van der Waals surface area contributed by atoms with Gasteiger partial charge < -0.3 is 65.3 Å². The number of allylic oxidation sites excluding steroid dienone is 1. The van der Waals surface area contributed by atoms with Crippen molar-refractivity contribution < 1.29 is 77.4 Å². The molecule has 3 amide bonds. The molecule has 1 aliphatic heterocycles. The minimum atomic E-state index is -1.90. The number of anilines is 1. The molecule has 9 atom stereocenters. The second kappa shape index (κ2) is 28.8. The number of H-pyrrole nitrogens is 1. The van der Waals surface area contributed by atoms with E-state index < -0.39 is 107 Å². The Morgan fingerprint density at radius 1 is 0.943 bits per heavy atom. The molecule has 0 saturated carbocycles. The highest BCUT2D eigenvalue weighted by atomic mass is 33.1. The van der Waals surface area contributed by atoms with Crippen molar-refractivity contribution in [2.45, 2.75) is 146 Å². The standard InChI is InChI=1S/C61H68N8O17S2/c1-31-52(72)44(25-49(84-31)86-47-27-61(81,32(2)70)26-35-23-41-42(24-40(35)47)54(74)50-39(53(41)73)13-10-14-46(50)82-4)69-60(80)83-21-22-87-88-30-45(58(77)78)67-48(71)20-19-43(59(79)85-38-11-8-6-5-7-9-12-38)68-56(75)34-15-17-36(18-16-34)62-28-37-29-63-55-51(66-37)57(76)65-33(3)64-55/h8,10-11,13-18,23-24,29,31,38,43-45,47,49,52,62,72,81H,5-7,9,12,19-22,25-28,30H2,1-4H3,(H,67,71)(H,68,75)(H,69,80)(H,77,78)(H,63,64,65,76)/b11-8+/t31-,38?,43+,44+,45+,47-,49-,52+,61-/m0/s1. The number of aromatic nitrogens is 4. The first-order chi connectivity index (χ1) is 42.2. The van der Waals surface area contributed by atoms with E-state index in [1.807, 2.05) is 12.2 Å². The summed E-state index contributed by atoms with van der Waals surface area (Å²) in [6, 6.07) is 10.5. The van der Waals surface area contributed by atoms with E-state index >= 15 is 0 Å². The van der Waals surface area contributed by atoms with Gasteiger partial charge in [0, 0.05) is 65.1 Å². The number of benzene rings is 3. The van der Waals surface area contributed by atoms with Gasteiger partial charge in [-0.1, -0.05) is 46.2 Å². The van der Waals surface area contributed by atoms with E-state index in [4.69, 9.17) is 23.7 Å². The van der Waals surface area contributed by atoms with Crippen LogP contribution in [0.15, 0.2) is 77.7 Å². The monoisotopic (exact) mass is 1250 g/mol.